The Labute approximate surface area is 63.4 Å². The summed E-state index contributed by atoms with van der Waals surface area (Å²) >= 11 is 0. The maximum Gasteiger partial charge on any atom is 0.0704 e. The second-order valence-electron chi connectivity index (χ2n) is 3.59. The van der Waals surface area contributed by atoms with Crippen molar-refractivity contribution in [2.24, 2.45) is 0 Å². The van der Waals surface area contributed by atoms with Crippen molar-refractivity contribution >= 4 is 0 Å². The minimum Gasteiger partial charge on any atom is -0.389 e. The molecule has 0 unspecified atom stereocenters. The maximum absolute atomic E-state index is 9.91. The zero-order valence-electron chi connectivity index (χ0n) is 6.98. The average Bonchev–Trinajstić information content (AvgIpc) is 1.89. The van der Waals surface area contributed by atoms with E-state index in [2.05, 4.69) is 0 Å². The fourth-order valence-corrected chi connectivity index (χ4v) is 1.64. The molecule has 10 heavy (non-hydrogen) atoms. The van der Waals surface area contributed by atoms with Crippen molar-refractivity contribution in [2.75, 3.05) is 0 Å². The highest BCUT2D eigenvalue weighted by atomic mass is 16.3. The molecule has 1 heteroatoms. The molecular weight excluding hydrogens is 124 g/mol. The molecule has 1 fully saturated rings. The summed E-state index contributed by atoms with van der Waals surface area (Å²) in [5, 5.41) is 9.91. The van der Waals surface area contributed by atoms with Crippen LogP contribution in [0.2, 0.25) is 0 Å². The molecule has 0 aliphatic heterocycles. The van der Waals surface area contributed by atoms with E-state index < -0.39 is 5.60 Å². The predicted molar refractivity (Wildman–Crippen MR) is 42.6 cm³/mol. The molecule has 1 nitrogen and oxygen atoms in total. The Bertz CT molecular complexity index is 101. The highest BCUT2D eigenvalue weighted by Crippen LogP contribution is 2.34. The molecule has 0 spiro atoms. The molecule has 1 rings (SSSR count). The lowest BCUT2D eigenvalue weighted by molar-refractivity contribution is 0.0193. The van der Waals surface area contributed by atoms with Crippen LogP contribution in [0.15, 0.2) is 0 Å². The van der Waals surface area contributed by atoms with Gasteiger partial charge in [-0.3, -0.25) is 0 Å². The van der Waals surface area contributed by atoms with Crippen LogP contribution in [0.1, 0.15) is 46.0 Å². The van der Waals surface area contributed by atoms with Gasteiger partial charge in [0.2, 0.25) is 0 Å². The van der Waals surface area contributed by atoms with Gasteiger partial charge < -0.3 is 5.11 Å². The van der Waals surface area contributed by atoms with Gasteiger partial charge in [-0.25, -0.2) is 0 Å². The van der Waals surface area contributed by atoms with Crippen LogP contribution >= 0.6 is 0 Å². The molecule has 0 aromatic heterocycles. The Balaban J connectivity index is 2.48. The third-order valence-electron chi connectivity index (χ3n) is 2.61. The SMILES string of the molecule is C[C](C)C1(O)CCCCC1. The first kappa shape index (κ1) is 8.06. The molecule has 1 N–H and O–H groups in total. The monoisotopic (exact) mass is 141 g/mol. The Morgan fingerprint density at radius 1 is 1.10 bits per heavy atom. The summed E-state index contributed by atoms with van der Waals surface area (Å²) in [5.74, 6) is 1.19. The summed E-state index contributed by atoms with van der Waals surface area (Å²) < 4.78 is 0. The standard InChI is InChI=1S/C9H17O/c1-8(2)9(10)6-4-3-5-7-9/h10H,3-7H2,1-2H3. The molecule has 59 valence electrons. The van der Waals surface area contributed by atoms with E-state index in [1.165, 1.54) is 25.2 Å². The third kappa shape index (κ3) is 1.51. The van der Waals surface area contributed by atoms with E-state index in [1.54, 1.807) is 0 Å². The molecule has 1 aliphatic carbocycles. The van der Waals surface area contributed by atoms with Crippen molar-refractivity contribution in [3.8, 4) is 0 Å². The topological polar surface area (TPSA) is 20.2 Å². The first-order chi connectivity index (χ1) is 4.65. The van der Waals surface area contributed by atoms with Crippen LogP contribution in [0.25, 0.3) is 0 Å². The van der Waals surface area contributed by atoms with E-state index in [1.807, 2.05) is 13.8 Å². The Hall–Kier alpha value is -0.0400. The highest BCUT2D eigenvalue weighted by Gasteiger charge is 2.32. The predicted octanol–water partition coefficient (Wildman–Crippen LogP) is 2.30. The van der Waals surface area contributed by atoms with E-state index in [0.717, 1.165) is 12.8 Å². The van der Waals surface area contributed by atoms with Gasteiger partial charge in [-0.2, -0.15) is 0 Å². The number of hydrogen-bond donors (Lipinski definition) is 1. The van der Waals surface area contributed by atoms with Crippen molar-refractivity contribution < 1.29 is 5.11 Å². The Morgan fingerprint density at radius 2 is 1.60 bits per heavy atom. The van der Waals surface area contributed by atoms with E-state index in [0.29, 0.717) is 0 Å². The van der Waals surface area contributed by atoms with Gasteiger partial charge in [-0.1, -0.05) is 33.1 Å². The number of aliphatic hydroxyl groups is 1. The average molecular weight is 141 g/mol. The van der Waals surface area contributed by atoms with E-state index in [-0.39, 0.29) is 0 Å². The molecule has 0 saturated heterocycles. The van der Waals surface area contributed by atoms with E-state index in [4.69, 9.17) is 0 Å². The summed E-state index contributed by atoms with van der Waals surface area (Å²) in [6.07, 6.45) is 5.66. The van der Waals surface area contributed by atoms with Crippen molar-refractivity contribution in [3.05, 3.63) is 5.92 Å². The minimum absolute atomic E-state index is 0.405. The molecule has 1 aliphatic rings. The van der Waals surface area contributed by atoms with Crippen LogP contribution in [-0.4, -0.2) is 10.7 Å². The molecule has 1 radical (unpaired) electrons. The van der Waals surface area contributed by atoms with Gasteiger partial charge >= 0.3 is 0 Å². The normalized spacial score (nSPS) is 25.2. The second-order valence-corrected chi connectivity index (χ2v) is 3.59. The van der Waals surface area contributed by atoms with Crippen molar-refractivity contribution in [1.82, 2.24) is 0 Å². The lowest BCUT2D eigenvalue weighted by Crippen LogP contribution is -2.35. The summed E-state index contributed by atoms with van der Waals surface area (Å²) in [6, 6.07) is 0. The van der Waals surface area contributed by atoms with Gasteiger partial charge in [-0.05, 0) is 12.8 Å². The van der Waals surface area contributed by atoms with Crippen LogP contribution in [0.4, 0.5) is 0 Å². The summed E-state index contributed by atoms with van der Waals surface area (Å²) in [5.41, 5.74) is -0.405. The van der Waals surface area contributed by atoms with Crippen LogP contribution in [0, 0.1) is 5.92 Å². The fourth-order valence-electron chi connectivity index (χ4n) is 1.64. The minimum atomic E-state index is -0.405. The van der Waals surface area contributed by atoms with E-state index in [9.17, 15) is 5.11 Å². The summed E-state index contributed by atoms with van der Waals surface area (Å²) in [4.78, 5) is 0. The zero-order valence-corrected chi connectivity index (χ0v) is 6.98. The van der Waals surface area contributed by atoms with Crippen LogP contribution < -0.4 is 0 Å². The molecule has 0 aromatic rings. The zero-order chi connectivity index (χ0) is 7.61. The lowest BCUT2D eigenvalue weighted by atomic mass is 9.77. The number of hydrogen-bond acceptors (Lipinski definition) is 1. The lowest BCUT2D eigenvalue weighted by Gasteiger charge is -2.35. The van der Waals surface area contributed by atoms with Crippen LogP contribution in [-0.2, 0) is 0 Å². The van der Waals surface area contributed by atoms with Crippen molar-refractivity contribution in [3.63, 3.8) is 0 Å². The van der Waals surface area contributed by atoms with Gasteiger partial charge in [0.15, 0.2) is 0 Å². The second kappa shape index (κ2) is 2.91. The van der Waals surface area contributed by atoms with Crippen LogP contribution in [0.3, 0.4) is 0 Å². The molecule has 1 saturated carbocycles. The van der Waals surface area contributed by atoms with Gasteiger partial charge in [0, 0.05) is 5.92 Å². The maximum atomic E-state index is 9.91. The largest absolute Gasteiger partial charge is 0.389 e. The Morgan fingerprint density at radius 3 is 1.90 bits per heavy atom. The third-order valence-corrected chi connectivity index (χ3v) is 2.61. The fraction of sp³-hybridized carbons (Fsp3) is 0.889. The van der Waals surface area contributed by atoms with Gasteiger partial charge in [-0.15, -0.1) is 0 Å². The smallest absolute Gasteiger partial charge is 0.0704 e. The van der Waals surface area contributed by atoms with Gasteiger partial charge in [0.1, 0.15) is 0 Å². The van der Waals surface area contributed by atoms with E-state index >= 15 is 0 Å². The molecule has 0 bridgehead atoms. The van der Waals surface area contributed by atoms with Gasteiger partial charge in [0.05, 0.1) is 5.60 Å². The Kier molecular flexibility index (Phi) is 2.35. The van der Waals surface area contributed by atoms with Gasteiger partial charge in [0.25, 0.3) is 0 Å². The quantitative estimate of drug-likeness (QED) is 0.594. The van der Waals surface area contributed by atoms with Crippen molar-refractivity contribution in [1.29, 1.82) is 0 Å². The molecular formula is C9H17O. The molecule has 0 heterocycles. The molecule has 0 aromatic carbocycles. The summed E-state index contributed by atoms with van der Waals surface area (Å²) in [7, 11) is 0. The molecule has 0 amide bonds. The summed E-state index contributed by atoms with van der Waals surface area (Å²) in [6.45, 7) is 4.07. The number of rotatable bonds is 1. The van der Waals surface area contributed by atoms with Crippen molar-refractivity contribution in [2.45, 2.75) is 51.6 Å². The highest BCUT2D eigenvalue weighted by molar-refractivity contribution is 5.02. The first-order valence-corrected chi connectivity index (χ1v) is 4.18. The first-order valence-electron chi connectivity index (χ1n) is 4.18. The van der Waals surface area contributed by atoms with Crippen LogP contribution in [0.5, 0.6) is 0 Å². The molecule has 0 atom stereocenters.